The Hall–Kier alpha value is -3.27. The van der Waals surface area contributed by atoms with Gasteiger partial charge in [-0.3, -0.25) is 33.0 Å². The average Bonchev–Trinajstić information content (AvgIpc) is 3.61. The van der Waals surface area contributed by atoms with Gasteiger partial charge in [-0.05, 0) is 12.8 Å². The number of aliphatic hydroxyl groups excluding tert-OH is 1. The van der Waals surface area contributed by atoms with Crippen LogP contribution in [0.1, 0.15) is 18.3 Å². The predicted octanol–water partition coefficient (Wildman–Crippen LogP) is -0.537. The van der Waals surface area contributed by atoms with E-state index in [4.69, 9.17) is 39.2 Å². The fraction of sp³-hybridized carbons (Fsp3) is 0.583. The Balaban J connectivity index is 1.12. The van der Waals surface area contributed by atoms with Gasteiger partial charge in [-0.2, -0.15) is 4.98 Å². The highest BCUT2D eigenvalue weighted by Crippen LogP contribution is 2.51. The molecule has 3 fully saturated rings. The molecule has 7 rings (SSSR count). The van der Waals surface area contributed by atoms with Crippen molar-refractivity contribution in [2.45, 2.75) is 61.9 Å². The molecule has 0 aromatic carbocycles. The van der Waals surface area contributed by atoms with Crippen molar-refractivity contribution in [3.05, 3.63) is 28.7 Å². The minimum absolute atomic E-state index is 0.0721. The number of aliphatic imine (C=N–C) groups is 1. The third-order valence-corrected chi connectivity index (χ3v) is 10.4. The Morgan fingerprint density at radius 3 is 2.62 bits per heavy atom. The van der Waals surface area contributed by atoms with Crippen molar-refractivity contribution < 1.29 is 56.2 Å². The number of aliphatic hydroxyl groups is 1. The molecule has 4 aliphatic heterocycles. The van der Waals surface area contributed by atoms with Gasteiger partial charge in [0.05, 0.1) is 31.3 Å². The molecule has 0 saturated carbocycles. The summed E-state index contributed by atoms with van der Waals surface area (Å²) in [4.78, 5) is 56.2. The summed E-state index contributed by atoms with van der Waals surface area (Å²) in [6.45, 7) is -1.53. The summed E-state index contributed by atoms with van der Waals surface area (Å²) in [5.41, 5.74) is 11.6. The molecule has 0 aliphatic carbocycles. The van der Waals surface area contributed by atoms with Crippen molar-refractivity contribution in [1.82, 2.24) is 29.5 Å². The summed E-state index contributed by atoms with van der Waals surface area (Å²) in [6.07, 6.45) is -8.93. The van der Waals surface area contributed by atoms with Crippen LogP contribution >= 0.6 is 15.4 Å². The molecular weight excluding hydrogens is 687 g/mol. The Morgan fingerprint density at radius 1 is 1.04 bits per heavy atom. The molecule has 0 amide bonds. The average molecular weight is 718 g/mol. The highest BCUT2D eigenvalue weighted by atomic mass is 31.2. The number of aromatic nitrogens is 6. The molecule has 0 bridgehead atoms. The lowest BCUT2D eigenvalue weighted by molar-refractivity contribution is -0.0585. The maximum absolute atomic E-state index is 16.1. The van der Waals surface area contributed by atoms with Crippen LogP contribution in [0.3, 0.4) is 0 Å². The van der Waals surface area contributed by atoms with E-state index in [-0.39, 0.29) is 22.9 Å². The first-order valence-electron chi connectivity index (χ1n) is 14.5. The zero-order valence-corrected chi connectivity index (χ0v) is 26.4. The van der Waals surface area contributed by atoms with Gasteiger partial charge in [-0.1, -0.05) is 0 Å². The van der Waals surface area contributed by atoms with E-state index in [0.717, 1.165) is 6.33 Å². The number of H-pyrrole nitrogens is 1. The Labute approximate surface area is 268 Å². The molecule has 260 valence electrons. The maximum Gasteiger partial charge on any atom is 0.472 e. The molecule has 0 radical (unpaired) electrons. The number of imidazole rings is 1. The van der Waals surface area contributed by atoms with Gasteiger partial charge < -0.3 is 45.1 Å². The van der Waals surface area contributed by atoms with Crippen LogP contribution in [0.15, 0.2) is 22.4 Å². The minimum Gasteiger partial charge on any atom is -0.386 e. The molecule has 8 N–H and O–H groups in total. The number of anilines is 2. The van der Waals surface area contributed by atoms with E-state index in [1.54, 1.807) is 0 Å². The minimum atomic E-state index is -5.11. The fourth-order valence-corrected chi connectivity index (χ4v) is 7.84. The van der Waals surface area contributed by atoms with Gasteiger partial charge in [0.15, 0.2) is 29.4 Å². The Kier molecular flexibility index (Phi) is 8.70. The highest BCUT2D eigenvalue weighted by Gasteiger charge is 2.53. The lowest BCUT2D eigenvalue weighted by atomic mass is 9.93. The van der Waals surface area contributed by atoms with Crippen molar-refractivity contribution in [1.29, 1.82) is 0 Å². The molecule has 7 unspecified atom stereocenters. The van der Waals surface area contributed by atoms with Gasteiger partial charge in [-0.15, -0.1) is 0 Å². The summed E-state index contributed by atoms with van der Waals surface area (Å²) >= 11 is 0. The third-order valence-electron chi connectivity index (χ3n) is 8.35. The van der Waals surface area contributed by atoms with Gasteiger partial charge in [0.25, 0.3) is 5.56 Å². The molecule has 7 heterocycles. The number of aryl methyl sites for hydroxylation is 1. The molecule has 3 aromatic heterocycles. The van der Waals surface area contributed by atoms with E-state index in [1.807, 2.05) is 0 Å². The summed E-state index contributed by atoms with van der Waals surface area (Å²) in [5.74, 6) is -0.812. The summed E-state index contributed by atoms with van der Waals surface area (Å²) in [5, 5.41) is 11.2. The van der Waals surface area contributed by atoms with Crippen LogP contribution in [0, 0.1) is 5.92 Å². The van der Waals surface area contributed by atoms with Crippen molar-refractivity contribution in [3.63, 3.8) is 0 Å². The first kappa shape index (κ1) is 33.2. The maximum atomic E-state index is 16.1. The van der Waals surface area contributed by atoms with E-state index in [2.05, 4.69) is 29.9 Å². The first-order chi connectivity index (χ1) is 22.8. The van der Waals surface area contributed by atoms with E-state index >= 15 is 4.39 Å². The van der Waals surface area contributed by atoms with Crippen molar-refractivity contribution in [2.24, 2.45) is 10.9 Å². The Morgan fingerprint density at radius 2 is 1.81 bits per heavy atom. The van der Waals surface area contributed by atoms with Gasteiger partial charge in [-0.25, -0.2) is 23.9 Å². The van der Waals surface area contributed by atoms with E-state index in [9.17, 15) is 28.8 Å². The Bertz CT molecular complexity index is 1900. The van der Waals surface area contributed by atoms with Gasteiger partial charge in [0, 0.05) is 12.1 Å². The smallest absolute Gasteiger partial charge is 0.386 e. The van der Waals surface area contributed by atoms with Crippen LogP contribution in [0.25, 0.3) is 11.2 Å². The number of hydrogen-bond donors (Lipinski definition) is 6. The molecule has 3 saturated heterocycles. The molecule has 21 nitrogen and oxygen atoms in total. The normalized spacial score (nSPS) is 39.0. The molecule has 4 aliphatic rings. The van der Waals surface area contributed by atoms with E-state index in [0.29, 0.717) is 24.2 Å². The first-order valence-corrected chi connectivity index (χ1v) is 17.8. The van der Waals surface area contributed by atoms with Crippen molar-refractivity contribution in [2.75, 3.05) is 31.0 Å². The zero-order valence-electron chi connectivity index (χ0n) is 24.6. The molecule has 0 spiro atoms. The van der Waals surface area contributed by atoms with Crippen molar-refractivity contribution in [3.8, 4) is 0 Å². The summed E-state index contributed by atoms with van der Waals surface area (Å²) < 4.78 is 76.4. The number of halogens is 1. The van der Waals surface area contributed by atoms with E-state index in [1.165, 1.54) is 17.1 Å². The zero-order chi connectivity index (χ0) is 34.0. The number of aromatic amines is 1. The number of nitrogens with one attached hydrogen (secondary N) is 1. The van der Waals surface area contributed by atoms with Crippen LogP contribution in [0.4, 0.5) is 21.8 Å². The number of nitrogens with two attached hydrogens (primary N) is 2. The number of alkyl halides is 1. The second-order valence-corrected chi connectivity index (χ2v) is 14.7. The second kappa shape index (κ2) is 12.6. The van der Waals surface area contributed by atoms with Crippen LogP contribution in [0.5, 0.6) is 0 Å². The number of ether oxygens (including phenoxy) is 3. The van der Waals surface area contributed by atoms with Gasteiger partial charge in [0.2, 0.25) is 5.95 Å². The molecule has 48 heavy (non-hydrogen) atoms. The van der Waals surface area contributed by atoms with E-state index < -0.39 is 95.5 Å². The number of phosphoric ester groups is 1. The number of nitrogens with zero attached hydrogens (tertiary/aromatic N) is 6. The highest BCUT2D eigenvalue weighted by molar-refractivity contribution is 7.52. The quantitative estimate of drug-likeness (QED) is 0.181. The number of nitrogen functional groups attached to an aromatic ring is 2. The van der Waals surface area contributed by atoms with Crippen LogP contribution in [-0.2, 0) is 43.3 Å². The van der Waals surface area contributed by atoms with Crippen molar-refractivity contribution >= 4 is 50.3 Å². The summed E-state index contributed by atoms with van der Waals surface area (Å²) in [7, 11) is -9.74. The monoisotopic (exact) mass is 717 g/mol. The summed E-state index contributed by atoms with van der Waals surface area (Å²) in [6, 6.07) is 0. The van der Waals surface area contributed by atoms with Gasteiger partial charge >= 0.3 is 15.4 Å². The molecule has 24 heteroatoms. The second-order valence-electron chi connectivity index (χ2n) is 11.5. The number of phosphoric acid groups is 1. The molecule has 11 atom stereocenters. The largest absolute Gasteiger partial charge is 0.472 e. The number of hydrogen-bond acceptors (Lipinski definition) is 17. The lowest BCUT2D eigenvalue weighted by Crippen LogP contribution is -2.37. The standard InChI is InChI=1S/C24H30FN9O12P2/c25-13-17(9-1-2-10-14(28-3-9)20(26)30-6-29-10)44-11-4-42-47(37,38)8-41-19-12(5-43-48(39,40)46-18(11)13)45-23(16(19)35)34-7-31-15-21(34)32-24(27)33-22(15)36/h3,6-7,9,11-13,16-19,23,35H,1-2,4-5,8H2,(H,37,38)(H,39,40)(H2,26,29,30)(H3,27,32,33,36)/t9?,11-,12-,13?,16?,17+,18?,19?,23-/m1/s1. The lowest BCUT2D eigenvalue weighted by Gasteiger charge is -2.23. The SMILES string of the molecule is Nc1nc2c(ncn2[C@@H]2O[C@@H]3COP(=O)(O)OC4C(F)[C@H](C5C=Nc6c(N)ncnc6CC5)O[C@@H]4COP(=O)(O)COC3C2O)c(=O)[nH]1. The van der Waals surface area contributed by atoms with Crippen LogP contribution in [0.2, 0.25) is 0 Å². The topological polar surface area (TPSA) is 304 Å². The van der Waals surface area contributed by atoms with Crippen LogP contribution in [-0.4, -0.2) is 113 Å². The molecular formula is C24H30FN9O12P2. The number of fused-ring (bicyclic) bond motifs is 4. The molecule has 3 aromatic rings. The van der Waals surface area contributed by atoms with Crippen LogP contribution < -0.4 is 17.0 Å². The predicted molar refractivity (Wildman–Crippen MR) is 159 cm³/mol. The fourth-order valence-electron chi connectivity index (χ4n) is 6.07. The van der Waals surface area contributed by atoms with Gasteiger partial charge in [0.1, 0.15) is 48.9 Å². The number of rotatable bonds is 2. The third kappa shape index (κ3) is 6.29.